The number of alkyl halides is 1. The van der Waals surface area contributed by atoms with E-state index >= 15 is 0 Å². The first kappa shape index (κ1) is 13.0. The highest BCUT2D eigenvalue weighted by molar-refractivity contribution is 14.1. The summed E-state index contributed by atoms with van der Waals surface area (Å²) in [4.78, 5) is 10.9. The Balaban J connectivity index is 2.95. The van der Waals surface area contributed by atoms with Gasteiger partial charge in [-0.05, 0) is 17.7 Å². The topological polar surface area (TPSA) is 35.5 Å². The summed E-state index contributed by atoms with van der Waals surface area (Å²) in [7, 11) is 0. The molecule has 0 bridgehead atoms. The number of esters is 1. The van der Waals surface area contributed by atoms with Crippen LogP contribution in [0.3, 0.4) is 0 Å². The lowest BCUT2D eigenvalue weighted by Gasteiger charge is -2.10. The molecular weight excluding hydrogens is 319 g/mol. The molecule has 0 atom stereocenters. The lowest BCUT2D eigenvalue weighted by atomic mass is 10.2. The summed E-state index contributed by atoms with van der Waals surface area (Å²) in [6, 6.07) is 5.52. The third-order valence-electron chi connectivity index (χ3n) is 1.77. The SMILES string of the molecule is C=CCOc1cc(CI)ccc1OC(C)=O. The molecule has 0 unspecified atom stereocenters. The molecule has 86 valence electrons. The van der Waals surface area contributed by atoms with Crippen molar-refractivity contribution in [3.05, 3.63) is 36.4 Å². The van der Waals surface area contributed by atoms with Gasteiger partial charge in [0.1, 0.15) is 6.61 Å². The number of carbonyl (C=O) groups excluding carboxylic acids is 1. The molecule has 1 aromatic rings. The minimum absolute atomic E-state index is 0.356. The van der Waals surface area contributed by atoms with Gasteiger partial charge in [0, 0.05) is 11.4 Å². The van der Waals surface area contributed by atoms with Crippen LogP contribution in [0.4, 0.5) is 0 Å². The molecule has 0 radical (unpaired) electrons. The molecule has 1 rings (SSSR count). The molecule has 1 aromatic carbocycles. The van der Waals surface area contributed by atoms with Crippen molar-refractivity contribution in [2.75, 3.05) is 6.61 Å². The van der Waals surface area contributed by atoms with E-state index in [4.69, 9.17) is 9.47 Å². The minimum atomic E-state index is -0.356. The highest BCUT2D eigenvalue weighted by Crippen LogP contribution is 2.29. The summed E-state index contributed by atoms with van der Waals surface area (Å²) in [6.45, 7) is 5.33. The van der Waals surface area contributed by atoms with Crippen molar-refractivity contribution >= 4 is 28.6 Å². The molecule has 0 aromatic heterocycles. The van der Waals surface area contributed by atoms with Crippen molar-refractivity contribution < 1.29 is 14.3 Å². The van der Waals surface area contributed by atoms with Crippen LogP contribution in [0.15, 0.2) is 30.9 Å². The average Bonchev–Trinajstić information content (AvgIpc) is 2.27. The molecule has 0 amide bonds. The van der Waals surface area contributed by atoms with E-state index in [1.54, 1.807) is 12.1 Å². The van der Waals surface area contributed by atoms with Crippen molar-refractivity contribution in [2.45, 2.75) is 11.4 Å². The van der Waals surface area contributed by atoms with E-state index in [0.29, 0.717) is 18.1 Å². The average molecular weight is 332 g/mol. The minimum Gasteiger partial charge on any atom is -0.486 e. The first-order valence-corrected chi connectivity index (χ1v) is 6.31. The van der Waals surface area contributed by atoms with Crippen LogP contribution in [0.2, 0.25) is 0 Å². The summed E-state index contributed by atoms with van der Waals surface area (Å²) >= 11 is 2.26. The number of hydrogen-bond donors (Lipinski definition) is 0. The summed E-state index contributed by atoms with van der Waals surface area (Å²) < 4.78 is 11.3. The second-order valence-corrected chi connectivity index (χ2v) is 3.87. The molecule has 0 fully saturated rings. The zero-order valence-electron chi connectivity index (χ0n) is 9.03. The van der Waals surface area contributed by atoms with Crippen LogP contribution < -0.4 is 9.47 Å². The fourth-order valence-electron chi connectivity index (χ4n) is 1.14. The Morgan fingerprint density at radius 2 is 2.25 bits per heavy atom. The van der Waals surface area contributed by atoms with Crippen molar-refractivity contribution in [3.63, 3.8) is 0 Å². The van der Waals surface area contributed by atoms with Gasteiger partial charge in [-0.2, -0.15) is 0 Å². The lowest BCUT2D eigenvalue weighted by molar-refractivity contribution is -0.132. The Kier molecular flexibility index (Phi) is 5.31. The maximum atomic E-state index is 10.9. The molecule has 16 heavy (non-hydrogen) atoms. The number of hydrogen-bond acceptors (Lipinski definition) is 3. The van der Waals surface area contributed by atoms with Crippen molar-refractivity contribution in [1.29, 1.82) is 0 Å². The Morgan fingerprint density at radius 3 is 2.81 bits per heavy atom. The number of rotatable bonds is 5. The van der Waals surface area contributed by atoms with Gasteiger partial charge in [0.15, 0.2) is 11.5 Å². The first-order valence-electron chi connectivity index (χ1n) is 4.78. The second kappa shape index (κ2) is 6.52. The first-order chi connectivity index (χ1) is 7.67. The van der Waals surface area contributed by atoms with Gasteiger partial charge in [-0.3, -0.25) is 4.79 Å². The Bertz CT molecular complexity index is 388. The van der Waals surface area contributed by atoms with E-state index in [1.165, 1.54) is 6.92 Å². The molecule has 4 heteroatoms. The Labute approximate surface area is 109 Å². The van der Waals surface area contributed by atoms with Crippen LogP contribution in [-0.2, 0) is 9.22 Å². The molecule has 3 nitrogen and oxygen atoms in total. The normalized spacial score (nSPS) is 9.62. The molecular formula is C12H13IO3. The van der Waals surface area contributed by atoms with Crippen LogP contribution in [0.5, 0.6) is 11.5 Å². The molecule has 0 saturated heterocycles. The van der Waals surface area contributed by atoms with Gasteiger partial charge >= 0.3 is 5.97 Å². The zero-order valence-corrected chi connectivity index (χ0v) is 11.2. The van der Waals surface area contributed by atoms with E-state index < -0.39 is 0 Å². The van der Waals surface area contributed by atoms with Crippen LogP contribution >= 0.6 is 22.6 Å². The third kappa shape index (κ3) is 3.84. The standard InChI is InChI=1S/C12H13IO3/c1-3-6-15-12-7-10(8-13)4-5-11(12)16-9(2)14/h3-5,7H,1,6,8H2,2H3. The van der Waals surface area contributed by atoms with E-state index in [-0.39, 0.29) is 5.97 Å². The number of benzene rings is 1. The fraction of sp³-hybridized carbons (Fsp3) is 0.250. The number of halogens is 1. The van der Waals surface area contributed by atoms with E-state index in [1.807, 2.05) is 12.1 Å². The molecule has 0 saturated carbocycles. The fourth-order valence-corrected chi connectivity index (χ4v) is 1.61. The summed E-state index contributed by atoms with van der Waals surface area (Å²) in [5.41, 5.74) is 1.12. The highest BCUT2D eigenvalue weighted by Gasteiger charge is 2.08. The van der Waals surface area contributed by atoms with Crippen molar-refractivity contribution in [2.24, 2.45) is 0 Å². The molecule has 0 aliphatic rings. The summed E-state index contributed by atoms with van der Waals surface area (Å²) in [6.07, 6.45) is 1.65. The second-order valence-electron chi connectivity index (χ2n) is 3.11. The molecule has 0 aliphatic carbocycles. The smallest absolute Gasteiger partial charge is 0.308 e. The van der Waals surface area contributed by atoms with Crippen LogP contribution in [0.25, 0.3) is 0 Å². The van der Waals surface area contributed by atoms with Gasteiger partial charge in [0.2, 0.25) is 0 Å². The molecule has 0 N–H and O–H groups in total. The molecule has 0 spiro atoms. The van der Waals surface area contributed by atoms with Crippen LogP contribution in [0, 0.1) is 0 Å². The van der Waals surface area contributed by atoms with E-state index in [2.05, 4.69) is 29.2 Å². The van der Waals surface area contributed by atoms with Gasteiger partial charge in [-0.1, -0.05) is 41.3 Å². The molecule has 0 heterocycles. The monoisotopic (exact) mass is 332 g/mol. The van der Waals surface area contributed by atoms with Crippen LogP contribution in [-0.4, -0.2) is 12.6 Å². The van der Waals surface area contributed by atoms with Gasteiger partial charge in [-0.25, -0.2) is 0 Å². The predicted octanol–water partition coefficient (Wildman–Crippen LogP) is 3.11. The number of ether oxygens (including phenoxy) is 2. The maximum absolute atomic E-state index is 10.9. The van der Waals surface area contributed by atoms with Crippen LogP contribution in [0.1, 0.15) is 12.5 Å². The zero-order chi connectivity index (χ0) is 12.0. The van der Waals surface area contributed by atoms with Gasteiger partial charge in [0.05, 0.1) is 0 Å². The van der Waals surface area contributed by atoms with E-state index in [9.17, 15) is 4.79 Å². The molecule has 0 aliphatic heterocycles. The van der Waals surface area contributed by atoms with Crippen molar-refractivity contribution in [1.82, 2.24) is 0 Å². The predicted molar refractivity (Wildman–Crippen MR) is 71.2 cm³/mol. The Hall–Kier alpha value is -1.04. The van der Waals surface area contributed by atoms with Gasteiger partial charge < -0.3 is 9.47 Å². The number of carbonyl (C=O) groups is 1. The highest BCUT2D eigenvalue weighted by atomic mass is 127. The van der Waals surface area contributed by atoms with Gasteiger partial charge in [-0.15, -0.1) is 0 Å². The summed E-state index contributed by atoms with van der Waals surface area (Å²) in [5.74, 6) is 0.665. The Morgan fingerprint density at radius 1 is 1.50 bits per heavy atom. The quantitative estimate of drug-likeness (QED) is 0.273. The van der Waals surface area contributed by atoms with Gasteiger partial charge in [0.25, 0.3) is 0 Å². The third-order valence-corrected chi connectivity index (χ3v) is 2.65. The maximum Gasteiger partial charge on any atom is 0.308 e. The van der Waals surface area contributed by atoms with Crippen molar-refractivity contribution in [3.8, 4) is 11.5 Å². The largest absolute Gasteiger partial charge is 0.486 e. The summed E-state index contributed by atoms with van der Waals surface area (Å²) in [5, 5.41) is 0. The lowest BCUT2D eigenvalue weighted by Crippen LogP contribution is -2.04. The van der Waals surface area contributed by atoms with E-state index in [0.717, 1.165) is 9.99 Å².